The molecule has 4 atom stereocenters. The van der Waals surface area contributed by atoms with E-state index in [1.54, 1.807) is 18.3 Å². The van der Waals surface area contributed by atoms with E-state index in [4.69, 9.17) is 5.73 Å². The number of phenols is 1. The van der Waals surface area contributed by atoms with Crippen molar-refractivity contribution in [3.8, 4) is 5.75 Å². The van der Waals surface area contributed by atoms with Crippen molar-refractivity contribution in [2.45, 2.75) is 57.3 Å². The number of nitrogens with two attached hydrogens (primary N) is 1. The molecule has 3 rings (SSSR count). The van der Waals surface area contributed by atoms with E-state index < -0.39 is 47.9 Å². The number of carboxylic acids is 1. The summed E-state index contributed by atoms with van der Waals surface area (Å²) in [6, 6.07) is 9.43. The smallest absolute Gasteiger partial charge is 0.326 e. The van der Waals surface area contributed by atoms with Crippen LogP contribution < -0.4 is 21.7 Å². The van der Waals surface area contributed by atoms with Gasteiger partial charge in [0, 0.05) is 29.3 Å². The molecule has 0 spiro atoms. The average molecular weight is 584 g/mol. The fraction of sp³-hybridized carbons (Fsp3) is 0.379. The van der Waals surface area contributed by atoms with Gasteiger partial charge in [-0.25, -0.2) is 4.79 Å². The van der Waals surface area contributed by atoms with Gasteiger partial charge in [-0.3, -0.25) is 14.4 Å². The number of rotatable bonds is 14. The molecule has 0 aliphatic carbocycles. The molecule has 41 heavy (non-hydrogen) atoms. The van der Waals surface area contributed by atoms with Crippen LogP contribution in [0.2, 0.25) is 0 Å². The van der Waals surface area contributed by atoms with E-state index in [0.717, 1.165) is 22.0 Å². The Morgan fingerprint density at radius 2 is 1.49 bits per heavy atom. The monoisotopic (exact) mass is 583 g/mol. The third kappa shape index (κ3) is 8.98. The second-order valence-corrected chi connectivity index (χ2v) is 10.7. The number of carbonyl (C=O) groups is 4. The quantitative estimate of drug-likeness (QED) is 0.132. The Morgan fingerprint density at radius 3 is 2.12 bits per heavy atom. The van der Waals surface area contributed by atoms with Crippen molar-refractivity contribution in [1.29, 1.82) is 0 Å². The molecule has 3 amide bonds. The molecular weight excluding hydrogens is 546 g/mol. The second-order valence-electron chi connectivity index (χ2n) is 10.4. The number of para-hydroxylation sites is 1. The molecule has 0 fully saturated rings. The number of carbonyl (C=O) groups excluding carboxylic acids is 3. The van der Waals surface area contributed by atoms with Crippen LogP contribution in [-0.2, 0) is 32.0 Å². The van der Waals surface area contributed by atoms with Crippen LogP contribution in [0, 0.1) is 5.92 Å². The van der Waals surface area contributed by atoms with Crippen LogP contribution in [0.4, 0.5) is 0 Å². The van der Waals surface area contributed by atoms with Gasteiger partial charge in [-0.1, -0.05) is 44.2 Å². The van der Waals surface area contributed by atoms with Crippen molar-refractivity contribution in [3.05, 3.63) is 65.9 Å². The molecule has 0 aliphatic rings. The zero-order valence-corrected chi connectivity index (χ0v) is 23.9. The Balaban J connectivity index is 1.78. The summed E-state index contributed by atoms with van der Waals surface area (Å²) in [4.78, 5) is 54.3. The van der Waals surface area contributed by atoms with Gasteiger partial charge in [0.05, 0.1) is 6.04 Å². The van der Waals surface area contributed by atoms with Crippen LogP contribution in [-0.4, -0.2) is 68.8 Å². The number of fused-ring (bicyclic) bond motifs is 1. The zero-order valence-electron chi connectivity index (χ0n) is 23.0. The second kappa shape index (κ2) is 14.6. The van der Waals surface area contributed by atoms with Gasteiger partial charge in [0.15, 0.2) is 0 Å². The van der Waals surface area contributed by atoms with E-state index in [9.17, 15) is 29.4 Å². The number of amides is 3. The van der Waals surface area contributed by atoms with Crippen LogP contribution in [0.3, 0.4) is 0 Å². The summed E-state index contributed by atoms with van der Waals surface area (Å²) in [5.41, 5.74) is 8.50. The molecule has 3 aromatic rings. The molecule has 0 bridgehead atoms. The molecular formula is C29H37N5O6S. The lowest BCUT2D eigenvalue weighted by Gasteiger charge is -2.25. The van der Waals surface area contributed by atoms with Gasteiger partial charge in [-0.2, -0.15) is 12.6 Å². The van der Waals surface area contributed by atoms with E-state index in [1.165, 1.54) is 12.1 Å². The number of hydrogen-bond donors (Lipinski definition) is 8. The number of carboxylic acid groups (broad SMARTS) is 1. The first kappa shape index (κ1) is 31.5. The molecule has 12 heteroatoms. The summed E-state index contributed by atoms with van der Waals surface area (Å²) in [6.07, 6.45) is 2.23. The fourth-order valence-electron chi connectivity index (χ4n) is 4.42. The number of aromatic amines is 1. The van der Waals surface area contributed by atoms with Crippen LogP contribution in [0.1, 0.15) is 31.4 Å². The van der Waals surface area contributed by atoms with Gasteiger partial charge in [0.25, 0.3) is 0 Å². The molecule has 4 unspecified atom stereocenters. The molecule has 0 radical (unpaired) electrons. The summed E-state index contributed by atoms with van der Waals surface area (Å²) in [6.45, 7) is 3.68. The highest BCUT2D eigenvalue weighted by Crippen LogP contribution is 2.19. The first-order valence-corrected chi connectivity index (χ1v) is 13.9. The standard InChI is InChI=1S/C29H37N5O6S/c1-16(2)11-24(29(39)40)33-28(38)25(15-41)34-27(37)23(13-18-14-31-22-6-4-3-5-20(18)22)32-26(36)21(30)12-17-7-9-19(35)10-8-17/h3-10,14,16,21,23-25,31,35,41H,11-13,15,30H2,1-2H3,(H,32,36)(H,33,38)(H,34,37)(H,39,40). The fourth-order valence-corrected chi connectivity index (χ4v) is 4.68. The minimum Gasteiger partial charge on any atom is -0.508 e. The highest BCUT2D eigenvalue weighted by Gasteiger charge is 2.30. The normalized spacial score (nSPS) is 14.2. The van der Waals surface area contributed by atoms with Crippen molar-refractivity contribution >= 4 is 47.2 Å². The van der Waals surface area contributed by atoms with Gasteiger partial charge in [-0.15, -0.1) is 0 Å². The maximum Gasteiger partial charge on any atom is 0.326 e. The molecule has 8 N–H and O–H groups in total. The van der Waals surface area contributed by atoms with E-state index >= 15 is 0 Å². The molecule has 11 nitrogen and oxygen atoms in total. The lowest BCUT2D eigenvalue weighted by atomic mass is 10.0. The van der Waals surface area contributed by atoms with Gasteiger partial charge >= 0.3 is 5.97 Å². The number of H-pyrrole nitrogens is 1. The van der Waals surface area contributed by atoms with Crippen LogP contribution >= 0.6 is 12.6 Å². The Hall–Kier alpha value is -4.03. The van der Waals surface area contributed by atoms with Crippen molar-refractivity contribution in [2.75, 3.05) is 5.75 Å². The number of hydrogen-bond acceptors (Lipinski definition) is 7. The maximum atomic E-state index is 13.5. The zero-order chi connectivity index (χ0) is 30.1. The number of aromatic hydroxyl groups is 1. The van der Waals surface area contributed by atoms with Crippen molar-refractivity contribution in [2.24, 2.45) is 11.7 Å². The maximum absolute atomic E-state index is 13.5. The number of phenolic OH excluding ortho intramolecular Hbond substituents is 1. The van der Waals surface area contributed by atoms with Gasteiger partial charge in [0.1, 0.15) is 23.9 Å². The Labute approximate surface area is 243 Å². The van der Waals surface area contributed by atoms with Crippen LogP contribution in [0.5, 0.6) is 5.75 Å². The molecule has 220 valence electrons. The van der Waals surface area contributed by atoms with Crippen molar-refractivity contribution < 1.29 is 29.4 Å². The SMILES string of the molecule is CC(C)CC(NC(=O)C(CS)NC(=O)C(Cc1c[nH]c2ccccc12)NC(=O)C(N)Cc1ccc(O)cc1)C(=O)O. The predicted molar refractivity (Wildman–Crippen MR) is 159 cm³/mol. The van der Waals surface area contributed by atoms with Crippen LogP contribution in [0.15, 0.2) is 54.7 Å². The van der Waals surface area contributed by atoms with E-state index in [0.29, 0.717) is 0 Å². The third-order valence-corrected chi connectivity index (χ3v) is 6.96. The number of thiol groups is 1. The predicted octanol–water partition coefficient (Wildman–Crippen LogP) is 1.50. The minimum absolute atomic E-state index is 0.0157. The van der Waals surface area contributed by atoms with E-state index in [-0.39, 0.29) is 36.7 Å². The van der Waals surface area contributed by atoms with Crippen LogP contribution in [0.25, 0.3) is 10.9 Å². The summed E-state index contributed by atoms with van der Waals surface area (Å²) >= 11 is 4.19. The average Bonchev–Trinajstić information content (AvgIpc) is 3.34. The van der Waals surface area contributed by atoms with Crippen molar-refractivity contribution in [3.63, 3.8) is 0 Å². The Morgan fingerprint density at radius 1 is 0.878 bits per heavy atom. The molecule has 1 heterocycles. The Bertz CT molecular complexity index is 1360. The molecule has 1 aromatic heterocycles. The van der Waals surface area contributed by atoms with Gasteiger partial charge < -0.3 is 36.9 Å². The number of benzene rings is 2. The van der Waals surface area contributed by atoms with Gasteiger partial charge in [0.2, 0.25) is 17.7 Å². The summed E-state index contributed by atoms with van der Waals surface area (Å²) < 4.78 is 0. The molecule has 2 aromatic carbocycles. The highest BCUT2D eigenvalue weighted by atomic mass is 32.1. The van der Waals surface area contributed by atoms with E-state index in [1.807, 2.05) is 38.1 Å². The topological polar surface area (TPSA) is 187 Å². The summed E-state index contributed by atoms with van der Waals surface area (Å²) in [5, 5.41) is 27.7. The van der Waals surface area contributed by atoms with E-state index in [2.05, 4.69) is 33.6 Å². The molecule has 0 aliphatic heterocycles. The number of nitrogens with one attached hydrogen (secondary N) is 4. The summed E-state index contributed by atoms with van der Waals surface area (Å²) in [5.74, 6) is -3.09. The largest absolute Gasteiger partial charge is 0.508 e. The minimum atomic E-state index is -1.18. The summed E-state index contributed by atoms with van der Waals surface area (Å²) in [7, 11) is 0. The number of aromatic nitrogens is 1. The Kier molecular flexibility index (Phi) is 11.2. The molecule has 0 saturated heterocycles. The first-order chi connectivity index (χ1) is 19.5. The highest BCUT2D eigenvalue weighted by molar-refractivity contribution is 7.80. The van der Waals surface area contributed by atoms with Crippen molar-refractivity contribution in [1.82, 2.24) is 20.9 Å². The lowest BCUT2D eigenvalue weighted by molar-refractivity contribution is -0.142. The van der Waals surface area contributed by atoms with Gasteiger partial charge in [-0.05, 0) is 48.1 Å². The molecule has 0 saturated carbocycles. The first-order valence-electron chi connectivity index (χ1n) is 13.3. The number of aliphatic carboxylic acids is 1. The lowest BCUT2D eigenvalue weighted by Crippen LogP contribution is -2.58. The third-order valence-electron chi connectivity index (χ3n) is 6.60.